The van der Waals surface area contributed by atoms with Crippen LogP contribution in [0.4, 0.5) is 14.9 Å². The van der Waals surface area contributed by atoms with Gasteiger partial charge in [0.05, 0.1) is 5.69 Å². The van der Waals surface area contributed by atoms with E-state index in [0.29, 0.717) is 13.1 Å². The van der Waals surface area contributed by atoms with Crippen LogP contribution in [0, 0.1) is 5.82 Å². The summed E-state index contributed by atoms with van der Waals surface area (Å²) in [5.41, 5.74) is 6.28. The number of halogens is 1. The predicted octanol–water partition coefficient (Wildman–Crippen LogP) is 1.28. The summed E-state index contributed by atoms with van der Waals surface area (Å²) in [4.78, 5) is 14.9. The zero-order valence-corrected chi connectivity index (χ0v) is 9.11. The minimum atomic E-state index is -0.433. The summed E-state index contributed by atoms with van der Waals surface area (Å²) in [6.07, 6.45) is 0. The van der Waals surface area contributed by atoms with E-state index in [-0.39, 0.29) is 11.7 Å². The maximum atomic E-state index is 13.2. The Morgan fingerprint density at radius 2 is 2.19 bits per heavy atom. The average Bonchev–Trinajstić information content (AvgIpc) is 2.55. The molecule has 1 aliphatic rings. The van der Waals surface area contributed by atoms with E-state index in [9.17, 15) is 9.18 Å². The number of likely N-dealkylation sites (N-methyl/N-ethyl adjacent to an activating group) is 1. The molecule has 2 N–H and O–H groups in total. The van der Waals surface area contributed by atoms with Crippen molar-refractivity contribution >= 4 is 11.7 Å². The Hall–Kier alpha value is -1.78. The number of nitrogen functional groups attached to an aromatic ring is 1. The third kappa shape index (κ3) is 1.93. The SMILES string of the molecule is CN1CCN(Cc2ccc(N)c(F)c2)C1=O. The summed E-state index contributed by atoms with van der Waals surface area (Å²) in [6.45, 7) is 1.83. The highest BCUT2D eigenvalue weighted by molar-refractivity contribution is 5.76. The molecule has 0 saturated carbocycles. The summed E-state index contributed by atoms with van der Waals surface area (Å²) in [7, 11) is 1.76. The molecule has 0 spiro atoms. The summed E-state index contributed by atoms with van der Waals surface area (Å²) >= 11 is 0. The van der Waals surface area contributed by atoms with Crippen molar-refractivity contribution in [1.29, 1.82) is 0 Å². The first-order chi connectivity index (χ1) is 7.58. The third-order valence-electron chi connectivity index (χ3n) is 2.74. The zero-order chi connectivity index (χ0) is 11.7. The van der Waals surface area contributed by atoms with Gasteiger partial charge in [0.25, 0.3) is 0 Å². The van der Waals surface area contributed by atoms with Crippen LogP contribution in [0.25, 0.3) is 0 Å². The quantitative estimate of drug-likeness (QED) is 0.768. The van der Waals surface area contributed by atoms with Crippen LogP contribution in [0.15, 0.2) is 18.2 Å². The lowest BCUT2D eigenvalue weighted by atomic mass is 10.2. The molecule has 1 saturated heterocycles. The molecule has 1 heterocycles. The second-order valence-electron chi connectivity index (χ2n) is 3.98. The van der Waals surface area contributed by atoms with Gasteiger partial charge in [-0.25, -0.2) is 9.18 Å². The van der Waals surface area contributed by atoms with E-state index in [2.05, 4.69) is 0 Å². The van der Waals surface area contributed by atoms with Crippen LogP contribution in [0.1, 0.15) is 5.56 Å². The number of anilines is 1. The fourth-order valence-corrected chi connectivity index (χ4v) is 1.74. The number of carbonyl (C=O) groups is 1. The topological polar surface area (TPSA) is 49.6 Å². The standard InChI is InChI=1S/C11H14FN3O/c1-14-4-5-15(11(14)16)7-8-2-3-10(13)9(12)6-8/h2-3,6H,4-5,7,13H2,1H3. The molecule has 5 heteroatoms. The molecule has 2 amide bonds. The van der Waals surface area contributed by atoms with Gasteiger partial charge in [-0.1, -0.05) is 6.07 Å². The number of carbonyl (C=O) groups excluding carboxylic acids is 1. The van der Waals surface area contributed by atoms with Crippen molar-refractivity contribution in [1.82, 2.24) is 9.80 Å². The van der Waals surface area contributed by atoms with E-state index >= 15 is 0 Å². The van der Waals surface area contributed by atoms with Gasteiger partial charge in [-0.05, 0) is 17.7 Å². The van der Waals surface area contributed by atoms with Gasteiger partial charge in [0.15, 0.2) is 0 Å². The van der Waals surface area contributed by atoms with Gasteiger partial charge in [-0.15, -0.1) is 0 Å². The molecule has 0 aromatic heterocycles. The van der Waals surface area contributed by atoms with Crippen molar-refractivity contribution in [3.05, 3.63) is 29.6 Å². The maximum absolute atomic E-state index is 13.2. The van der Waals surface area contributed by atoms with Gasteiger partial charge in [-0.3, -0.25) is 0 Å². The molecule has 1 aliphatic heterocycles. The molecule has 0 unspecified atom stereocenters. The Bertz CT molecular complexity index is 422. The highest BCUT2D eigenvalue weighted by Gasteiger charge is 2.25. The molecule has 0 bridgehead atoms. The van der Waals surface area contributed by atoms with E-state index in [0.717, 1.165) is 12.1 Å². The number of nitrogens with two attached hydrogens (primary N) is 1. The highest BCUT2D eigenvalue weighted by atomic mass is 19.1. The molecule has 86 valence electrons. The second kappa shape index (κ2) is 4.00. The fraction of sp³-hybridized carbons (Fsp3) is 0.364. The first-order valence-electron chi connectivity index (χ1n) is 5.12. The van der Waals surface area contributed by atoms with Crippen molar-refractivity contribution in [2.24, 2.45) is 0 Å². The smallest absolute Gasteiger partial charge is 0.320 e. The first kappa shape index (κ1) is 10.7. The summed E-state index contributed by atoms with van der Waals surface area (Å²) in [6, 6.07) is 4.62. The molecule has 1 aromatic rings. The molecule has 0 radical (unpaired) electrons. The van der Waals surface area contributed by atoms with Crippen LogP contribution in [0.2, 0.25) is 0 Å². The highest BCUT2D eigenvalue weighted by Crippen LogP contribution is 2.16. The Morgan fingerprint density at radius 1 is 1.44 bits per heavy atom. The van der Waals surface area contributed by atoms with Crippen LogP contribution in [0.3, 0.4) is 0 Å². The van der Waals surface area contributed by atoms with E-state index in [1.165, 1.54) is 12.1 Å². The predicted molar refractivity (Wildman–Crippen MR) is 59.2 cm³/mol. The van der Waals surface area contributed by atoms with E-state index in [1.54, 1.807) is 22.9 Å². The van der Waals surface area contributed by atoms with Gasteiger partial charge in [0.1, 0.15) is 5.82 Å². The van der Waals surface area contributed by atoms with Crippen molar-refractivity contribution in [2.75, 3.05) is 25.9 Å². The number of amides is 2. The minimum absolute atomic E-state index is 0.0165. The molecule has 16 heavy (non-hydrogen) atoms. The number of hydrogen-bond acceptors (Lipinski definition) is 2. The van der Waals surface area contributed by atoms with Crippen LogP contribution in [0.5, 0.6) is 0 Å². The molecular formula is C11H14FN3O. The van der Waals surface area contributed by atoms with Crippen LogP contribution < -0.4 is 5.73 Å². The maximum Gasteiger partial charge on any atom is 0.320 e. The molecule has 1 fully saturated rings. The number of benzene rings is 1. The number of rotatable bonds is 2. The number of hydrogen-bond donors (Lipinski definition) is 1. The van der Waals surface area contributed by atoms with Crippen molar-refractivity contribution < 1.29 is 9.18 Å². The Labute approximate surface area is 93.4 Å². The molecule has 0 aliphatic carbocycles. The lowest BCUT2D eigenvalue weighted by Crippen LogP contribution is -2.28. The van der Waals surface area contributed by atoms with Crippen LogP contribution in [-0.2, 0) is 6.54 Å². The van der Waals surface area contributed by atoms with Crippen molar-refractivity contribution in [3.8, 4) is 0 Å². The normalized spacial score (nSPS) is 16.0. The first-order valence-corrected chi connectivity index (χ1v) is 5.12. The average molecular weight is 223 g/mol. The monoisotopic (exact) mass is 223 g/mol. The minimum Gasteiger partial charge on any atom is -0.396 e. The molecule has 4 nitrogen and oxygen atoms in total. The van der Waals surface area contributed by atoms with Crippen LogP contribution >= 0.6 is 0 Å². The second-order valence-corrected chi connectivity index (χ2v) is 3.98. The largest absolute Gasteiger partial charge is 0.396 e. The van der Waals surface area contributed by atoms with Gasteiger partial charge >= 0.3 is 6.03 Å². The number of urea groups is 1. The van der Waals surface area contributed by atoms with Crippen LogP contribution in [-0.4, -0.2) is 36.0 Å². The Balaban J connectivity index is 2.10. The van der Waals surface area contributed by atoms with Gasteiger partial charge in [0.2, 0.25) is 0 Å². The van der Waals surface area contributed by atoms with E-state index in [4.69, 9.17) is 5.73 Å². The lowest BCUT2D eigenvalue weighted by Gasteiger charge is -2.16. The lowest BCUT2D eigenvalue weighted by molar-refractivity contribution is 0.197. The fourth-order valence-electron chi connectivity index (χ4n) is 1.74. The number of nitrogens with zero attached hydrogens (tertiary/aromatic N) is 2. The third-order valence-corrected chi connectivity index (χ3v) is 2.74. The summed E-state index contributed by atoms with van der Waals surface area (Å²) in [5, 5.41) is 0. The van der Waals surface area contributed by atoms with E-state index < -0.39 is 5.82 Å². The molecule has 0 atom stereocenters. The van der Waals surface area contributed by atoms with E-state index in [1.807, 2.05) is 0 Å². The molecular weight excluding hydrogens is 209 g/mol. The van der Waals surface area contributed by atoms with Gasteiger partial charge < -0.3 is 15.5 Å². The van der Waals surface area contributed by atoms with Crippen molar-refractivity contribution in [2.45, 2.75) is 6.54 Å². The van der Waals surface area contributed by atoms with Crippen molar-refractivity contribution in [3.63, 3.8) is 0 Å². The summed E-state index contributed by atoms with van der Waals surface area (Å²) in [5.74, 6) is -0.433. The molecule has 1 aromatic carbocycles. The summed E-state index contributed by atoms with van der Waals surface area (Å²) < 4.78 is 13.2. The molecule has 2 rings (SSSR count). The Kier molecular flexibility index (Phi) is 2.68. The van der Waals surface area contributed by atoms with Gasteiger partial charge in [0, 0.05) is 26.7 Å². The van der Waals surface area contributed by atoms with Gasteiger partial charge in [-0.2, -0.15) is 0 Å². The zero-order valence-electron chi connectivity index (χ0n) is 9.11. The Morgan fingerprint density at radius 3 is 2.75 bits per heavy atom.